The van der Waals surface area contributed by atoms with E-state index in [1.807, 2.05) is 13.0 Å². The Labute approximate surface area is 173 Å². The van der Waals surface area contributed by atoms with Gasteiger partial charge in [0, 0.05) is 23.6 Å². The lowest BCUT2D eigenvalue weighted by Gasteiger charge is -2.17. The van der Waals surface area contributed by atoms with Crippen LogP contribution in [0.1, 0.15) is 23.7 Å². The van der Waals surface area contributed by atoms with E-state index in [2.05, 4.69) is 26.0 Å². The van der Waals surface area contributed by atoms with Gasteiger partial charge in [0.25, 0.3) is 5.91 Å². The lowest BCUT2D eigenvalue weighted by molar-refractivity contribution is -0.116. The number of sulfonamides is 1. The number of nitrogens with zero attached hydrogens (tertiary/aromatic N) is 1. The normalized spacial score (nSPS) is 11.1. The minimum atomic E-state index is -3.68. The Balaban J connectivity index is 2.08. The Bertz CT molecular complexity index is 963. The third-order valence-corrected chi connectivity index (χ3v) is 5.96. The molecule has 0 heterocycles. The monoisotopic (exact) mass is 467 g/mol. The zero-order chi connectivity index (χ0) is 20.7. The van der Waals surface area contributed by atoms with Gasteiger partial charge in [-0.15, -0.1) is 0 Å². The van der Waals surface area contributed by atoms with E-state index >= 15 is 0 Å². The van der Waals surface area contributed by atoms with E-state index in [4.69, 9.17) is 0 Å². The van der Waals surface area contributed by atoms with Gasteiger partial charge in [0.1, 0.15) is 0 Å². The van der Waals surface area contributed by atoms with Crippen LogP contribution in [-0.4, -0.2) is 45.3 Å². The van der Waals surface area contributed by atoms with Crippen LogP contribution in [-0.2, 0) is 14.8 Å². The fraction of sp³-hybridized carbons (Fsp3) is 0.263. The topological polar surface area (TPSA) is 95.6 Å². The van der Waals surface area contributed by atoms with Crippen LogP contribution in [0.3, 0.4) is 0 Å². The SMILES string of the molecule is CCCNS(=O)(=O)c1cccc(C(=O)N(C)CC(=O)Nc2ccccc2Br)c1. The van der Waals surface area contributed by atoms with E-state index in [0.717, 1.165) is 4.47 Å². The van der Waals surface area contributed by atoms with E-state index in [-0.39, 0.29) is 22.9 Å². The zero-order valence-corrected chi connectivity index (χ0v) is 18.0. The number of hydrogen-bond acceptors (Lipinski definition) is 4. The summed E-state index contributed by atoms with van der Waals surface area (Å²) < 4.78 is 27.7. The number of nitrogens with one attached hydrogen (secondary N) is 2. The molecular formula is C19H22BrN3O4S. The van der Waals surface area contributed by atoms with Gasteiger partial charge < -0.3 is 10.2 Å². The quantitative estimate of drug-likeness (QED) is 0.623. The molecule has 0 fully saturated rings. The molecule has 150 valence electrons. The molecule has 2 aromatic carbocycles. The molecule has 0 bridgehead atoms. The molecule has 0 radical (unpaired) electrons. The van der Waals surface area contributed by atoms with Crippen molar-refractivity contribution in [2.75, 3.05) is 25.5 Å². The van der Waals surface area contributed by atoms with Crippen molar-refractivity contribution >= 4 is 43.5 Å². The highest BCUT2D eigenvalue weighted by molar-refractivity contribution is 9.10. The summed E-state index contributed by atoms with van der Waals surface area (Å²) in [6.07, 6.45) is 0.660. The molecule has 9 heteroatoms. The number of amides is 2. The van der Waals surface area contributed by atoms with Gasteiger partial charge in [-0.2, -0.15) is 0 Å². The van der Waals surface area contributed by atoms with E-state index in [1.54, 1.807) is 18.2 Å². The third kappa shape index (κ3) is 5.88. The number of hydrogen-bond donors (Lipinski definition) is 2. The molecule has 2 amide bonds. The van der Waals surface area contributed by atoms with E-state index in [9.17, 15) is 18.0 Å². The van der Waals surface area contributed by atoms with Crippen LogP contribution in [0.4, 0.5) is 5.69 Å². The van der Waals surface area contributed by atoms with Crippen molar-refractivity contribution in [3.05, 3.63) is 58.6 Å². The summed E-state index contributed by atoms with van der Waals surface area (Å²) in [6.45, 7) is 2.00. The second kappa shape index (κ2) is 9.81. The molecule has 2 N–H and O–H groups in total. The first-order valence-electron chi connectivity index (χ1n) is 8.64. The lowest BCUT2D eigenvalue weighted by atomic mass is 10.2. The first-order valence-corrected chi connectivity index (χ1v) is 10.9. The van der Waals surface area contributed by atoms with Crippen molar-refractivity contribution in [2.45, 2.75) is 18.2 Å². The summed E-state index contributed by atoms with van der Waals surface area (Å²) in [7, 11) is -2.19. The highest BCUT2D eigenvalue weighted by atomic mass is 79.9. The number of anilines is 1. The predicted octanol–water partition coefficient (Wildman–Crippen LogP) is 2.85. The first kappa shape index (κ1) is 22.1. The molecule has 0 aliphatic rings. The second-order valence-corrected chi connectivity index (χ2v) is 8.74. The summed E-state index contributed by atoms with van der Waals surface area (Å²) in [5.41, 5.74) is 0.791. The molecule has 0 saturated carbocycles. The van der Waals surface area contributed by atoms with Crippen molar-refractivity contribution in [1.82, 2.24) is 9.62 Å². The molecule has 0 atom stereocenters. The summed E-state index contributed by atoms with van der Waals surface area (Å²) >= 11 is 3.34. The Morgan fingerprint density at radius 3 is 2.50 bits per heavy atom. The van der Waals surface area contributed by atoms with Gasteiger partial charge in [0.05, 0.1) is 17.1 Å². The molecule has 2 aromatic rings. The minimum Gasteiger partial charge on any atom is -0.332 e. The largest absolute Gasteiger partial charge is 0.332 e. The van der Waals surface area contributed by atoms with Gasteiger partial charge in [-0.05, 0) is 52.7 Å². The minimum absolute atomic E-state index is 0.0119. The number of carbonyl (C=O) groups excluding carboxylic acids is 2. The highest BCUT2D eigenvalue weighted by Crippen LogP contribution is 2.21. The Hall–Kier alpha value is -2.23. The van der Waals surface area contributed by atoms with Crippen LogP contribution in [0.25, 0.3) is 0 Å². The van der Waals surface area contributed by atoms with E-state index in [0.29, 0.717) is 18.7 Å². The third-order valence-electron chi connectivity index (χ3n) is 3.81. The van der Waals surface area contributed by atoms with Crippen LogP contribution < -0.4 is 10.0 Å². The maximum atomic E-state index is 12.6. The van der Waals surface area contributed by atoms with Crippen LogP contribution >= 0.6 is 15.9 Å². The molecule has 28 heavy (non-hydrogen) atoms. The smallest absolute Gasteiger partial charge is 0.254 e. The van der Waals surface area contributed by atoms with Gasteiger partial charge in [-0.3, -0.25) is 9.59 Å². The number of likely N-dealkylation sites (N-methyl/N-ethyl adjacent to an activating group) is 1. The molecule has 2 rings (SSSR count). The van der Waals surface area contributed by atoms with Gasteiger partial charge in [0.15, 0.2) is 0 Å². The maximum Gasteiger partial charge on any atom is 0.254 e. The average molecular weight is 468 g/mol. The Morgan fingerprint density at radius 2 is 1.82 bits per heavy atom. The summed E-state index contributed by atoms with van der Waals surface area (Å²) in [4.78, 5) is 26.1. The van der Waals surface area contributed by atoms with E-state index < -0.39 is 15.9 Å². The van der Waals surface area contributed by atoms with Gasteiger partial charge in [-0.25, -0.2) is 13.1 Å². The van der Waals surface area contributed by atoms with Crippen molar-refractivity contribution in [2.24, 2.45) is 0 Å². The molecule has 0 spiro atoms. The van der Waals surface area contributed by atoms with Crippen molar-refractivity contribution in [3.63, 3.8) is 0 Å². The van der Waals surface area contributed by atoms with Gasteiger partial charge in [0.2, 0.25) is 15.9 Å². The van der Waals surface area contributed by atoms with Crippen molar-refractivity contribution in [1.29, 1.82) is 0 Å². The van der Waals surface area contributed by atoms with E-state index in [1.165, 1.54) is 36.2 Å². The molecule has 0 aliphatic carbocycles. The number of benzene rings is 2. The van der Waals surface area contributed by atoms with Crippen LogP contribution in [0.15, 0.2) is 57.9 Å². The number of para-hydroxylation sites is 1. The molecular weight excluding hydrogens is 446 g/mol. The van der Waals surface area contributed by atoms with Crippen LogP contribution in [0.2, 0.25) is 0 Å². The summed E-state index contributed by atoms with van der Waals surface area (Å²) in [5.74, 6) is -0.814. The molecule has 0 saturated heterocycles. The highest BCUT2D eigenvalue weighted by Gasteiger charge is 2.19. The van der Waals surface area contributed by atoms with Crippen LogP contribution in [0.5, 0.6) is 0 Å². The Morgan fingerprint density at radius 1 is 1.11 bits per heavy atom. The average Bonchev–Trinajstić information content (AvgIpc) is 2.67. The second-order valence-electron chi connectivity index (χ2n) is 6.11. The maximum absolute atomic E-state index is 12.6. The molecule has 0 aromatic heterocycles. The van der Waals surface area contributed by atoms with Crippen LogP contribution in [0, 0.1) is 0 Å². The molecule has 7 nitrogen and oxygen atoms in total. The first-order chi connectivity index (χ1) is 13.2. The fourth-order valence-corrected chi connectivity index (χ4v) is 3.94. The molecule has 0 unspecified atom stereocenters. The van der Waals surface area contributed by atoms with Crippen molar-refractivity contribution < 1.29 is 18.0 Å². The lowest BCUT2D eigenvalue weighted by Crippen LogP contribution is -2.35. The summed E-state index contributed by atoms with van der Waals surface area (Å²) in [6, 6.07) is 12.9. The number of halogens is 1. The standard InChI is InChI=1S/C19H22BrN3O4S/c1-3-11-21-28(26,27)15-8-6-7-14(12-15)19(25)23(2)13-18(24)22-17-10-5-4-9-16(17)20/h4-10,12,21H,3,11,13H2,1-2H3,(H,22,24). The fourth-order valence-electron chi connectivity index (χ4n) is 2.38. The number of rotatable bonds is 8. The number of carbonyl (C=O) groups is 2. The van der Waals surface area contributed by atoms with Gasteiger partial charge in [-0.1, -0.05) is 25.1 Å². The molecule has 0 aliphatic heterocycles. The van der Waals surface area contributed by atoms with Gasteiger partial charge >= 0.3 is 0 Å². The van der Waals surface area contributed by atoms with Crippen molar-refractivity contribution in [3.8, 4) is 0 Å². The zero-order valence-electron chi connectivity index (χ0n) is 15.6. The predicted molar refractivity (Wildman–Crippen MR) is 112 cm³/mol. The Kier molecular flexibility index (Phi) is 7.73. The summed E-state index contributed by atoms with van der Waals surface area (Å²) in [5, 5.41) is 2.72.